The highest BCUT2D eigenvalue weighted by Gasteiger charge is 2.06. The summed E-state index contributed by atoms with van der Waals surface area (Å²) in [6, 6.07) is 11.1. The van der Waals surface area contributed by atoms with Crippen LogP contribution in [0.15, 0.2) is 53.9 Å². The Balaban J connectivity index is 1.81. The van der Waals surface area contributed by atoms with Crippen LogP contribution in [-0.2, 0) is 0 Å². The summed E-state index contributed by atoms with van der Waals surface area (Å²) in [5, 5.41) is 5.24. The molecule has 2 aromatic heterocycles. The molecule has 0 saturated heterocycles. The average molecular weight is 325 g/mol. The molecule has 114 valence electrons. The second kappa shape index (κ2) is 6.54. The molecule has 1 N–H and O–H groups in total. The molecule has 3 rings (SSSR count). The van der Waals surface area contributed by atoms with E-state index in [1.54, 1.807) is 18.3 Å². The zero-order valence-electron chi connectivity index (χ0n) is 12.3. The van der Waals surface area contributed by atoms with Gasteiger partial charge in [0.05, 0.1) is 17.3 Å². The molecule has 0 aliphatic heterocycles. The van der Waals surface area contributed by atoms with E-state index in [9.17, 15) is 4.79 Å². The number of hydrogen-bond acceptors (Lipinski definition) is 4. The van der Waals surface area contributed by atoms with Gasteiger partial charge in [-0.05, 0) is 30.7 Å². The third-order valence-electron chi connectivity index (χ3n) is 3.32. The van der Waals surface area contributed by atoms with Crippen LogP contribution in [-0.4, -0.2) is 22.1 Å². The molecular formula is C17H13ClN4O. The van der Waals surface area contributed by atoms with Crippen LogP contribution in [0.5, 0.6) is 0 Å². The second-order valence-electron chi connectivity index (χ2n) is 4.96. The maximum Gasteiger partial charge on any atom is 0.272 e. The number of hydrogen-bond donors (Lipinski definition) is 1. The third kappa shape index (κ3) is 3.35. The number of carbonyl (C=O) groups excluding carboxylic acids is 1. The Hall–Kier alpha value is -2.79. The van der Waals surface area contributed by atoms with Gasteiger partial charge in [0.25, 0.3) is 5.91 Å². The van der Waals surface area contributed by atoms with Crippen LogP contribution in [0.2, 0.25) is 5.15 Å². The van der Waals surface area contributed by atoms with Gasteiger partial charge in [0.2, 0.25) is 0 Å². The summed E-state index contributed by atoms with van der Waals surface area (Å²) in [5.74, 6) is -0.338. The van der Waals surface area contributed by atoms with Gasteiger partial charge in [-0.25, -0.2) is 10.4 Å². The molecule has 0 aliphatic rings. The zero-order chi connectivity index (χ0) is 16.2. The van der Waals surface area contributed by atoms with Gasteiger partial charge in [0, 0.05) is 23.3 Å². The van der Waals surface area contributed by atoms with E-state index in [2.05, 4.69) is 20.5 Å². The van der Waals surface area contributed by atoms with E-state index in [0.29, 0.717) is 16.3 Å². The lowest BCUT2D eigenvalue weighted by molar-refractivity contribution is 0.0955. The first kappa shape index (κ1) is 15.1. The topological polar surface area (TPSA) is 67.2 Å². The smallest absolute Gasteiger partial charge is 0.267 e. The standard InChI is InChI=1S/C17H13ClN4O/c1-11-4-2-5-12-8-14(16(18)21-15(11)12)10-20-22-17(23)13-6-3-7-19-9-13/h2-10H,1H3,(H,22,23)/b20-10-. The molecule has 0 saturated carbocycles. The predicted molar refractivity (Wildman–Crippen MR) is 90.8 cm³/mol. The van der Waals surface area contributed by atoms with Crippen molar-refractivity contribution in [2.45, 2.75) is 6.92 Å². The maximum absolute atomic E-state index is 11.9. The van der Waals surface area contributed by atoms with E-state index in [-0.39, 0.29) is 5.91 Å². The third-order valence-corrected chi connectivity index (χ3v) is 3.62. The van der Waals surface area contributed by atoms with E-state index >= 15 is 0 Å². The first-order valence-electron chi connectivity index (χ1n) is 6.94. The van der Waals surface area contributed by atoms with Crippen molar-refractivity contribution in [2.24, 2.45) is 5.10 Å². The number of aromatic nitrogens is 2. The molecule has 5 nitrogen and oxygen atoms in total. The van der Waals surface area contributed by atoms with Crippen molar-refractivity contribution in [3.8, 4) is 0 Å². The molecule has 1 aromatic carbocycles. The van der Waals surface area contributed by atoms with E-state index in [0.717, 1.165) is 16.5 Å². The molecule has 0 fully saturated rings. The van der Waals surface area contributed by atoms with E-state index in [1.807, 2.05) is 31.2 Å². The van der Waals surface area contributed by atoms with Gasteiger partial charge in [-0.15, -0.1) is 0 Å². The van der Waals surface area contributed by atoms with Crippen LogP contribution >= 0.6 is 11.6 Å². The molecule has 6 heteroatoms. The van der Waals surface area contributed by atoms with Gasteiger partial charge < -0.3 is 0 Å². The van der Waals surface area contributed by atoms with E-state index in [4.69, 9.17) is 11.6 Å². The van der Waals surface area contributed by atoms with E-state index in [1.165, 1.54) is 12.4 Å². The quantitative estimate of drug-likeness (QED) is 0.456. The highest BCUT2D eigenvalue weighted by atomic mass is 35.5. The number of fused-ring (bicyclic) bond motifs is 1. The highest BCUT2D eigenvalue weighted by Crippen LogP contribution is 2.21. The van der Waals surface area contributed by atoms with Crippen LogP contribution in [0.3, 0.4) is 0 Å². The summed E-state index contributed by atoms with van der Waals surface area (Å²) in [5.41, 5.74) is 5.42. The van der Waals surface area contributed by atoms with Crippen molar-refractivity contribution in [1.82, 2.24) is 15.4 Å². The Bertz CT molecular complexity index is 894. The second-order valence-corrected chi connectivity index (χ2v) is 5.31. The Morgan fingerprint density at radius 3 is 2.96 bits per heavy atom. The van der Waals surface area contributed by atoms with E-state index < -0.39 is 0 Å². The predicted octanol–water partition coefficient (Wildman–Crippen LogP) is 3.36. The van der Waals surface area contributed by atoms with Gasteiger partial charge in [0.1, 0.15) is 5.15 Å². The number of amides is 1. The number of carbonyl (C=O) groups is 1. The maximum atomic E-state index is 11.9. The molecule has 0 atom stereocenters. The van der Waals surface area contributed by atoms with Crippen molar-refractivity contribution < 1.29 is 4.79 Å². The van der Waals surface area contributed by atoms with Crippen LogP contribution in [0.25, 0.3) is 10.9 Å². The molecule has 0 spiro atoms. The number of hydrazone groups is 1. The number of halogens is 1. The first-order valence-corrected chi connectivity index (χ1v) is 7.32. The molecular weight excluding hydrogens is 312 g/mol. The fraction of sp³-hybridized carbons (Fsp3) is 0.0588. The van der Waals surface area contributed by atoms with Crippen LogP contribution in [0.1, 0.15) is 21.5 Å². The minimum absolute atomic E-state index is 0.338. The zero-order valence-corrected chi connectivity index (χ0v) is 13.1. The summed E-state index contributed by atoms with van der Waals surface area (Å²) >= 11 is 6.18. The van der Waals surface area contributed by atoms with Gasteiger partial charge in [-0.2, -0.15) is 5.10 Å². The number of para-hydroxylation sites is 1. The number of rotatable bonds is 3. The summed E-state index contributed by atoms with van der Waals surface area (Å²) in [6.07, 6.45) is 4.55. The summed E-state index contributed by atoms with van der Waals surface area (Å²) in [6.45, 7) is 1.98. The lowest BCUT2D eigenvalue weighted by atomic mass is 10.1. The normalized spacial score (nSPS) is 11.0. The largest absolute Gasteiger partial charge is 0.272 e. The Kier molecular flexibility index (Phi) is 4.30. The Morgan fingerprint density at radius 1 is 1.30 bits per heavy atom. The Labute approximate surface area is 138 Å². The van der Waals surface area contributed by atoms with Crippen molar-refractivity contribution in [3.05, 3.63) is 70.6 Å². The number of benzene rings is 1. The Morgan fingerprint density at radius 2 is 2.17 bits per heavy atom. The van der Waals surface area contributed by atoms with Crippen LogP contribution in [0.4, 0.5) is 0 Å². The minimum Gasteiger partial charge on any atom is -0.267 e. The molecule has 23 heavy (non-hydrogen) atoms. The van der Waals surface area contributed by atoms with Gasteiger partial charge in [-0.1, -0.05) is 29.8 Å². The molecule has 0 bridgehead atoms. The minimum atomic E-state index is -0.338. The average Bonchev–Trinajstić information content (AvgIpc) is 2.57. The number of nitrogens with one attached hydrogen (secondary N) is 1. The van der Waals surface area contributed by atoms with Crippen molar-refractivity contribution >= 4 is 34.6 Å². The van der Waals surface area contributed by atoms with Crippen molar-refractivity contribution in [3.63, 3.8) is 0 Å². The SMILES string of the molecule is Cc1cccc2cc(/C=N\NC(=O)c3cccnc3)c(Cl)nc12. The first-order chi connectivity index (χ1) is 11.1. The molecule has 2 heterocycles. The van der Waals surface area contributed by atoms with Crippen molar-refractivity contribution in [1.29, 1.82) is 0 Å². The number of nitrogens with zero attached hydrogens (tertiary/aromatic N) is 3. The summed E-state index contributed by atoms with van der Waals surface area (Å²) in [7, 11) is 0. The monoisotopic (exact) mass is 324 g/mol. The highest BCUT2D eigenvalue weighted by molar-refractivity contribution is 6.32. The number of pyridine rings is 2. The lowest BCUT2D eigenvalue weighted by Crippen LogP contribution is -2.17. The molecule has 0 aliphatic carbocycles. The van der Waals surface area contributed by atoms with Gasteiger partial charge in [0.15, 0.2) is 0 Å². The van der Waals surface area contributed by atoms with Crippen LogP contribution < -0.4 is 5.43 Å². The van der Waals surface area contributed by atoms with Crippen LogP contribution in [0, 0.1) is 6.92 Å². The van der Waals surface area contributed by atoms with Gasteiger partial charge in [-0.3, -0.25) is 9.78 Å². The number of aryl methyl sites for hydroxylation is 1. The molecule has 0 unspecified atom stereocenters. The summed E-state index contributed by atoms with van der Waals surface area (Å²) < 4.78 is 0. The van der Waals surface area contributed by atoms with Crippen molar-refractivity contribution in [2.75, 3.05) is 0 Å². The molecule has 1 amide bonds. The molecule has 3 aromatic rings. The fourth-order valence-electron chi connectivity index (χ4n) is 2.15. The van der Waals surface area contributed by atoms with Gasteiger partial charge >= 0.3 is 0 Å². The molecule has 0 radical (unpaired) electrons. The lowest BCUT2D eigenvalue weighted by Gasteiger charge is -2.04. The fourth-order valence-corrected chi connectivity index (χ4v) is 2.34. The summed E-state index contributed by atoms with van der Waals surface area (Å²) in [4.78, 5) is 20.1.